The van der Waals surface area contributed by atoms with Crippen molar-refractivity contribution in [3.8, 4) is 0 Å². The van der Waals surface area contributed by atoms with Crippen LogP contribution in [0.25, 0.3) is 5.70 Å². The van der Waals surface area contributed by atoms with E-state index in [9.17, 15) is 13.2 Å². The molecule has 0 aromatic heterocycles. The molecule has 19 heavy (non-hydrogen) atoms. The average Bonchev–Trinajstić information content (AvgIpc) is 2.71. The largest absolute Gasteiger partial charge is 0.395 e. The van der Waals surface area contributed by atoms with Crippen LogP contribution in [-0.2, 0) is 14.6 Å². The summed E-state index contributed by atoms with van der Waals surface area (Å²) in [6.45, 7) is -0.473. The Labute approximate surface area is 110 Å². The monoisotopic (exact) mass is 280 g/mol. The number of hydrogen-bond donors (Lipinski definition) is 1. The molecule has 0 saturated carbocycles. The fraction of sp³-hybridized carbons (Fsp3) is 0.250. The van der Waals surface area contributed by atoms with E-state index in [0.717, 1.165) is 0 Å². The first kappa shape index (κ1) is 13.6. The first-order valence-electron chi connectivity index (χ1n) is 5.59. The molecule has 0 unspecified atom stereocenters. The first-order valence-corrected chi connectivity index (χ1v) is 7.41. The van der Waals surface area contributed by atoms with Gasteiger partial charge < -0.3 is 5.11 Å². The van der Waals surface area contributed by atoms with Gasteiger partial charge in [-0.05, 0) is 0 Å². The quantitative estimate of drug-likeness (QED) is 0.862. The fourth-order valence-corrected chi connectivity index (χ4v) is 2.83. The number of aliphatic hydroxyl groups excluding tert-OH is 1. The van der Waals surface area contributed by atoms with Gasteiger partial charge in [-0.2, -0.15) is 0 Å². The fourth-order valence-electron chi connectivity index (χ4n) is 1.71. The minimum Gasteiger partial charge on any atom is -0.395 e. The van der Waals surface area contributed by atoms with Crippen molar-refractivity contribution in [2.75, 3.05) is 18.1 Å². The lowest BCUT2D eigenvalue weighted by Gasteiger charge is -2.04. The topological polar surface area (TPSA) is 96.2 Å². The summed E-state index contributed by atoms with van der Waals surface area (Å²) in [4.78, 5) is 11.6. The Kier molecular flexibility index (Phi) is 3.87. The Bertz CT molecular complexity index is 648. The molecule has 1 aliphatic rings. The Morgan fingerprint density at radius 1 is 1.11 bits per heavy atom. The van der Waals surface area contributed by atoms with Gasteiger partial charge in [-0.15, -0.1) is 10.2 Å². The van der Waals surface area contributed by atoms with Crippen LogP contribution in [0.4, 0.5) is 0 Å². The van der Waals surface area contributed by atoms with Crippen LogP contribution in [0.2, 0.25) is 0 Å². The van der Waals surface area contributed by atoms with Gasteiger partial charge in [-0.1, -0.05) is 30.3 Å². The predicted molar refractivity (Wildman–Crippen MR) is 69.0 cm³/mol. The van der Waals surface area contributed by atoms with Gasteiger partial charge in [-0.3, -0.25) is 4.79 Å². The van der Waals surface area contributed by atoms with Crippen molar-refractivity contribution in [2.45, 2.75) is 0 Å². The van der Waals surface area contributed by atoms with Gasteiger partial charge in [0.05, 0.1) is 23.7 Å². The van der Waals surface area contributed by atoms with Crippen LogP contribution >= 0.6 is 0 Å². The van der Waals surface area contributed by atoms with Crippen LogP contribution in [0.1, 0.15) is 5.56 Å². The summed E-state index contributed by atoms with van der Waals surface area (Å²) >= 11 is 0. The van der Waals surface area contributed by atoms with Crippen molar-refractivity contribution in [3.63, 3.8) is 0 Å². The molecule has 0 fully saturated rings. The highest BCUT2D eigenvalue weighted by atomic mass is 32.2. The van der Waals surface area contributed by atoms with Gasteiger partial charge in [0, 0.05) is 5.56 Å². The number of amides is 1. The molecule has 0 bridgehead atoms. The number of hydrogen-bond acceptors (Lipinski definition) is 5. The lowest BCUT2D eigenvalue weighted by molar-refractivity contribution is -0.114. The van der Waals surface area contributed by atoms with Crippen LogP contribution in [0.3, 0.4) is 0 Å². The van der Waals surface area contributed by atoms with E-state index in [1.54, 1.807) is 30.3 Å². The van der Waals surface area contributed by atoms with E-state index < -0.39 is 28.1 Å². The summed E-state index contributed by atoms with van der Waals surface area (Å²) in [6, 6.07) is 8.79. The maximum atomic E-state index is 11.7. The Hall–Kier alpha value is -1.86. The highest BCUT2D eigenvalue weighted by Crippen LogP contribution is 2.27. The van der Waals surface area contributed by atoms with E-state index in [4.69, 9.17) is 5.11 Å². The lowest BCUT2D eigenvalue weighted by atomic mass is 10.1. The van der Waals surface area contributed by atoms with Crippen LogP contribution in [0.5, 0.6) is 0 Å². The molecule has 1 aliphatic heterocycles. The Morgan fingerprint density at radius 2 is 1.79 bits per heavy atom. The van der Waals surface area contributed by atoms with Gasteiger partial charge in [0.15, 0.2) is 9.84 Å². The number of carbonyl (C=O) groups excluding carboxylic acids is 1. The number of nitrogens with zero attached hydrogens (tertiary/aromatic N) is 2. The molecule has 2 rings (SSSR count). The van der Waals surface area contributed by atoms with E-state index in [2.05, 4.69) is 10.2 Å². The maximum Gasteiger partial charge on any atom is 0.294 e. The summed E-state index contributed by atoms with van der Waals surface area (Å²) < 4.78 is 23.4. The Morgan fingerprint density at radius 3 is 2.42 bits per heavy atom. The number of rotatable bonds is 5. The van der Waals surface area contributed by atoms with E-state index in [1.807, 2.05) is 0 Å². The highest BCUT2D eigenvalue weighted by Gasteiger charge is 2.27. The van der Waals surface area contributed by atoms with E-state index in [1.165, 1.54) is 0 Å². The molecule has 0 atom stereocenters. The summed E-state index contributed by atoms with van der Waals surface area (Å²) in [5.41, 5.74) is 0.984. The molecule has 1 aromatic rings. The number of aliphatic hydroxyl groups is 1. The molecular weight excluding hydrogens is 268 g/mol. The molecular formula is C12H12N2O4S. The van der Waals surface area contributed by atoms with Crippen molar-refractivity contribution in [1.29, 1.82) is 0 Å². The van der Waals surface area contributed by atoms with E-state index in [-0.39, 0.29) is 17.0 Å². The van der Waals surface area contributed by atoms with E-state index >= 15 is 0 Å². The molecule has 1 N–H and O–H groups in total. The second-order valence-corrected chi connectivity index (χ2v) is 6.20. The number of carbonyl (C=O) groups is 1. The van der Waals surface area contributed by atoms with Crippen LogP contribution in [0.15, 0.2) is 46.1 Å². The molecule has 1 amide bonds. The van der Waals surface area contributed by atoms with Crippen molar-refractivity contribution in [3.05, 3.63) is 41.5 Å². The predicted octanol–water partition coefficient (Wildman–Crippen LogP) is 0.797. The SMILES string of the molecule is O=C1N=NC(c2ccccc2)=C1CS(=O)(=O)CCO. The second-order valence-electron chi connectivity index (χ2n) is 4.01. The molecule has 0 spiro atoms. The lowest BCUT2D eigenvalue weighted by Crippen LogP contribution is -2.18. The minimum absolute atomic E-state index is 0.0552. The third-order valence-corrected chi connectivity index (χ3v) is 4.13. The molecule has 100 valence electrons. The van der Waals surface area contributed by atoms with Gasteiger partial charge in [0.1, 0.15) is 5.70 Å². The maximum absolute atomic E-state index is 11.7. The third-order valence-electron chi connectivity index (χ3n) is 2.60. The van der Waals surface area contributed by atoms with Crippen molar-refractivity contribution >= 4 is 21.4 Å². The molecule has 0 saturated heterocycles. The van der Waals surface area contributed by atoms with E-state index in [0.29, 0.717) is 5.56 Å². The third kappa shape index (κ3) is 3.12. The number of azo groups is 1. The normalized spacial score (nSPS) is 15.3. The van der Waals surface area contributed by atoms with Crippen LogP contribution in [-0.4, -0.2) is 37.5 Å². The average molecular weight is 280 g/mol. The number of benzene rings is 1. The molecule has 1 aromatic carbocycles. The van der Waals surface area contributed by atoms with Gasteiger partial charge >= 0.3 is 0 Å². The highest BCUT2D eigenvalue weighted by molar-refractivity contribution is 7.91. The molecule has 1 heterocycles. The van der Waals surface area contributed by atoms with Crippen molar-refractivity contribution in [2.24, 2.45) is 10.2 Å². The number of sulfone groups is 1. The summed E-state index contributed by atoms with van der Waals surface area (Å²) in [6.07, 6.45) is 0. The van der Waals surface area contributed by atoms with Gasteiger partial charge in [-0.25, -0.2) is 8.42 Å². The van der Waals surface area contributed by atoms with Crippen LogP contribution in [0, 0.1) is 0 Å². The summed E-state index contributed by atoms with van der Waals surface area (Å²) in [5.74, 6) is -1.48. The van der Waals surface area contributed by atoms with Crippen molar-refractivity contribution < 1.29 is 18.3 Å². The Balaban J connectivity index is 2.38. The molecule has 0 aliphatic carbocycles. The zero-order valence-corrected chi connectivity index (χ0v) is 10.8. The smallest absolute Gasteiger partial charge is 0.294 e. The molecule has 7 heteroatoms. The standard InChI is InChI=1S/C12H12N2O4S/c15-6-7-19(17,18)8-10-11(13-14-12(10)16)9-4-2-1-3-5-9/h1-5,15H,6-8H2. The summed E-state index contributed by atoms with van der Waals surface area (Å²) in [7, 11) is -3.54. The second kappa shape index (κ2) is 5.41. The van der Waals surface area contributed by atoms with Gasteiger partial charge in [0.2, 0.25) is 0 Å². The molecule has 0 radical (unpaired) electrons. The zero-order chi connectivity index (χ0) is 13.9. The van der Waals surface area contributed by atoms with Crippen LogP contribution < -0.4 is 0 Å². The first-order chi connectivity index (χ1) is 9.03. The minimum atomic E-state index is -3.54. The zero-order valence-electron chi connectivity index (χ0n) is 9.98. The molecule has 6 nitrogen and oxygen atoms in total. The summed E-state index contributed by atoms with van der Waals surface area (Å²) in [5, 5.41) is 15.8. The van der Waals surface area contributed by atoms with Gasteiger partial charge in [0.25, 0.3) is 5.91 Å². The van der Waals surface area contributed by atoms with Crippen molar-refractivity contribution in [1.82, 2.24) is 0 Å².